The molecule has 0 saturated heterocycles. The Labute approximate surface area is 174 Å². The highest BCUT2D eigenvalue weighted by Gasteiger charge is 2.55. The van der Waals surface area contributed by atoms with Crippen molar-refractivity contribution in [1.82, 2.24) is 15.1 Å². The summed E-state index contributed by atoms with van der Waals surface area (Å²) in [5.74, 6) is -1.31. The van der Waals surface area contributed by atoms with Crippen molar-refractivity contribution in [2.24, 2.45) is 11.7 Å². The minimum Gasteiger partial charge on any atom is -0.364 e. The Kier molecular flexibility index (Phi) is 4.68. The van der Waals surface area contributed by atoms with Crippen molar-refractivity contribution in [1.29, 1.82) is 0 Å². The number of fused-ring (bicyclic) bond motifs is 1. The largest absolute Gasteiger partial charge is 0.364 e. The van der Waals surface area contributed by atoms with Gasteiger partial charge in [0, 0.05) is 29.7 Å². The standard InChI is InChI=1S/C20H17F4N5O2/c1-19(23,24)20(5-4-10-2-3-10)12-7-13(21)11(6-15(12)26-18(31)27-20)8-29-9-14(22)16(28-29)17(25)30/h6-7,9-10H,2-3,8H2,1H3,(H2,25,30)(H2,26,27,31)/t20-/m0/s1. The van der Waals surface area contributed by atoms with Crippen molar-refractivity contribution >= 4 is 17.6 Å². The van der Waals surface area contributed by atoms with Gasteiger partial charge in [-0.2, -0.15) is 5.10 Å². The van der Waals surface area contributed by atoms with Crippen LogP contribution in [0.2, 0.25) is 0 Å². The third kappa shape index (κ3) is 3.69. The van der Waals surface area contributed by atoms with Gasteiger partial charge in [0.1, 0.15) is 5.82 Å². The molecule has 1 aliphatic carbocycles. The number of carbonyl (C=O) groups is 2. The molecule has 7 nitrogen and oxygen atoms in total. The molecule has 4 rings (SSSR count). The van der Waals surface area contributed by atoms with Crippen molar-refractivity contribution in [3.05, 3.63) is 46.8 Å². The van der Waals surface area contributed by atoms with Gasteiger partial charge in [-0.05, 0) is 25.0 Å². The fourth-order valence-corrected chi connectivity index (χ4v) is 3.36. The fraction of sp³-hybridized carbons (Fsp3) is 0.350. The molecule has 11 heteroatoms. The van der Waals surface area contributed by atoms with E-state index >= 15 is 0 Å². The zero-order valence-corrected chi connectivity index (χ0v) is 16.2. The molecule has 1 aromatic carbocycles. The van der Waals surface area contributed by atoms with E-state index in [0.29, 0.717) is 6.92 Å². The first kappa shape index (κ1) is 20.7. The van der Waals surface area contributed by atoms with E-state index < -0.39 is 40.7 Å². The summed E-state index contributed by atoms with van der Waals surface area (Å²) in [5.41, 5.74) is 1.62. The van der Waals surface area contributed by atoms with E-state index in [4.69, 9.17) is 5.73 Å². The van der Waals surface area contributed by atoms with E-state index in [2.05, 4.69) is 27.6 Å². The third-order valence-corrected chi connectivity index (χ3v) is 5.12. The molecule has 1 aliphatic heterocycles. The van der Waals surface area contributed by atoms with Crippen LogP contribution in [0.4, 0.5) is 28.0 Å². The number of halogens is 4. The third-order valence-electron chi connectivity index (χ3n) is 5.12. The second-order valence-electron chi connectivity index (χ2n) is 7.64. The predicted molar refractivity (Wildman–Crippen MR) is 101 cm³/mol. The predicted octanol–water partition coefficient (Wildman–Crippen LogP) is 2.71. The van der Waals surface area contributed by atoms with Crippen molar-refractivity contribution in [3.63, 3.8) is 0 Å². The Morgan fingerprint density at radius 3 is 2.65 bits per heavy atom. The average Bonchev–Trinajstić information content (AvgIpc) is 3.41. The number of carbonyl (C=O) groups excluding carboxylic acids is 2. The Balaban J connectivity index is 1.79. The number of aromatic nitrogens is 2. The van der Waals surface area contributed by atoms with E-state index in [9.17, 15) is 27.2 Å². The van der Waals surface area contributed by atoms with Gasteiger partial charge in [0.2, 0.25) is 0 Å². The summed E-state index contributed by atoms with van der Waals surface area (Å²) >= 11 is 0. The first-order chi connectivity index (χ1) is 14.5. The molecule has 1 fully saturated rings. The summed E-state index contributed by atoms with van der Waals surface area (Å²) in [5, 5.41) is 8.21. The van der Waals surface area contributed by atoms with E-state index in [0.717, 1.165) is 35.9 Å². The molecule has 2 aromatic rings. The van der Waals surface area contributed by atoms with E-state index in [1.54, 1.807) is 0 Å². The minimum atomic E-state index is -3.53. The number of anilines is 1. The number of amides is 3. The Morgan fingerprint density at radius 1 is 1.35 bits per heavy atom. The number of nitrogens with zero attached hydrogens (tertiary/aromatic N) is 2. The monoisotopic (exact) mass is 435 g/mol. The second-order valence-corrected chi connectivity index (χ2v) is 7.64. The van der Waals surface area contributed by atoms with Crippen LogP contribution >= 0.6 is 0 Å². The maximum Gasteiger partial charge on any atom is 0.320 e. The van der Waals surface area contributed by atoms with Gasteiger partial charge in [0.25, 0.3) is 11.8 Å². The van der Waals surface area contributed by atoms with Crippen LogP contribution < -0.4 is 16.4 Å². The van der Waals surface area contributed by atoms with Gasteiger partial charge < -0.3 is 16.4 Å². The van der Waals surface area contributed by atoms with Gasteiger partial charge in [-0.15, -0.1) is 0 Å². The fourth-order valence-electron chi connectivity index (χ4n) is 3.36. The van der Waals surface area contributed by atoms with E-state index in [1.807, 2.05) is 0 Å². The summed E-state index contributed by atoms with van der Waals surface area (Å²) in [4.78, 5) is 23.3. The number of urea groups is 1. The first-order valence-electron chi connectivity index (χ1n) is 9.35. The van der Waals surface area contributed by atoms with Gasteiger partial charge in [-0.3, -0.25) is 9.48 Å². The molecule has 0 bridgehead atoms. The molecule has 0 unspecified atom stereocenters. The highest BCUT2D eigenvalue weighted by molar-refractivity contribution is 5.95. The molecular weight excluding hydrogens is 418 g/mol. The van der Waals surface area contributed by atoms with Gasteiger partial charge in [0.15, 0.2) is 17.1 Å². The summed E-state index contributed by atoms with van der Waals surface area (Å²) in [6.45, 7) is 0.267. The number of benzene rings is 1. The number of nitrogens with one attached hydrogen (secondary N) is 2. The molecule has 2 heterocycles. The van der Waals surface area contributed by atoms with Gasteiger partial charge in [0.05, 0.1) is 12.7 Å². The second kappa shape index (κ2) is 7.01. The zero-order valence-electron chi connectivity index (χ0n) is 16.2. The molecule has 1 aromatic heterocycles. The maximum atomic E-state index is 14.9. The van der Waals surface area contributed by atoms with Gasteiger partial charge >= 0.3 is 6.03 Å². The summed E-state index contributed by atoms with van der Waals surface area (Å²) in [6, 6.07) is 1.11. The zero-order chi connectivity index (χ0) is 22.6. The van der Waals surface area contributed by atoms with Crippen molar-refractivity contribution in [3.8, 4) is 11.8 Å². The summed E-state index contributed by atoms with van der Waals surface area (Å²) in [6.07, 6.45) is 2.40. The van der Waals surface area contributed by atoms with Crippen LogP contribution in [0, 0.1) is 29.4 Å². The molecule has 1 saturated carbocycles. The smallest absolute Gasteiger partial charge is 0.320 e. The van der Waals surface area contributed by atoms with Crippen molar-refractivity contribution < 1.29 is 27.2 Å². The van der Waals surface area contributed by atoms with Gasteiger partial charge in [-0.1, -0.05) is 11.8 Å². The topological polar surface area (TPSA) is 102 Å². The van der Waals surface area contributed by atoms with Crippen molar-refractivity contribution in [2.45, 2.75) is 37.8 Å². The first-order valence-corrected chi connectivity index (χ1v) is 9.35. The number of hydrogen-bond acceptors (Lipinski definition) is 3. The molecule has 0 spiro atoms. The normalized spacial score (nSPS) is 20.2. The van der Waals surface area contributed by atoms with Crippen LogP contribution in [0.15, 0.2) is 18.3 Å². The van der Waals surface area contributed by atoms with E-state index in [-0.39, 0.29) is 29.3 Å². The molecule has 2 aliphatic rings. The van der Waals surface area contributed by atoms with Crippen molar-refractivity contribution in [2.75, 3.05) is 5.32 Å². The summed E-state index contributed by atoms with van der Waals surface area (Å²) < 4.78 is 59.0. The maximum absolute atomic E-state index is 14.9. The van der Waals surface area contributed by atoms with Crippen LogP contribution in [0.3, 0.4) is 0 Å². The molecule has 1 atom stereocenters. The van der Waals surface area contributed by atoms with E-state index in [1.165, 1.54) is 0 Å². The quantitative estimate of drug-likeness (QED) is 0.508. The Morgan fingerprint density at radius 2 is 2.06 bits per heavy atom. The SMILES string of the molecule is CC(F)(F)[C@@]1(C#CC2CC2)NC(=O)Nc2cc(Cn3cc(F)c(C(N)=O)n3)c(F)cc21. The van der Waals surface area contributed by atoms with Crippen LogP contribution in [-0.4, -0.2) is 27.6 Å². The number of hydrogen-bond donors (Lipinski definition) is 3. The Bertz CT molecular complexity index is 1160. The molecule has 0 radical (unpaired) electrons. The highest BCUT2D eigenvalue weighted by Crippen LogP contribution is 2.44. The molecule has 4 N–H and O–H groups in total. The highest BCUT2D eigenvalue weighted by atomic mass is 19.3. The lowest BCUT2D eigenvalue weighted by Crippen LogP contribution is -2.59. The van der Waals surface area contributed by atoms with Crippen LogP contribution in [0.5, 0.6) is 0 Å². The molecular formula is C20H17F4N5O2. The lowest BCUT2D eigenvalue weighted by Gasteiger charge is -2.40. The number of nitrogens with two attached hydrogens (primary N) is 1. The van der Waals surface area contributed by atoms with Crippen LogP contribution in [0.25, 0.3) is 0 Å². The molecule has 162 valence electrons. The Hall–Kier alpha value is -3.55. The lowest BCUT2D eigenvalue weighted by atomic mass is 9.81. The molecule has 3 amide bonds. The van der Waals surface area contributed by atoms with Gasteiger partial charge in [-0.25, -0.2) is 22.4 Å². The molecule has 31 heavy (non-hydrogen) atoms. The van der Waals surface area contributed by atoms with Crippen LogP contribution in [0.1, 0.15) is 41.4 Å². The van der Waals surface area contributed by atoms with Crippen LogP contribution in [-0.2, 0) is 12.1 Å². The number of rotatable bonds is 4. The number of alkyl halides is 2. The lowest BCUT2D eigenvalue weighted by molar-refractivity contribution is -0.0465. The summed E-state index contributed by atoms with van der Waals surface area (Å²) in [7, 11) is 0. The average molecular weight is 435 g/mol. The number of primary amides is 1. The minimum absolute atomic E-state index is 0.0345.